The summed E-state index contributed by atoms with van der Waals surface area (Å²) in [5, 5.41) is 3.93. The summed E-state index contributed by atoms with van der Waals surface area (Å²) in [6, 6.07) is 0. The molecule has 0 aromatic carbocycles. The van der Waals surface area contributed by atoms with E-state index in [2.05, 4.69) is 10.5 Å². The van der Waals surface area contributed by atoms with Gasteiger partial charge in [-0.1, -0.05) is 6.08 Å². The molecule has 1 heterocycles. The first-order valence-electron chi connectivity index (χ1n) is 4.39. The summed E-state index contributed by atoms with van der Waals surface area (Å²) in [5.41, 5.74) is 8.97. The molecule has 0 saturated heterocycles. The monoisotopic (exact) mass is 197 g/mol. The van der Waals surface area contributed by atoms with Gasteiger partial charge in [-0.3, -0.25) is 0 Å². The third kappa shape index (κ3) is 2.02. The van der Waals surface area contributed by atoms with Gasteiger partial charge in [0.05, 0.1) is 6.54 Å². The van der Waals surface area contributed by atoms with Crippen molar-refractivity contribution in [2.45, 2.75) is 13.5 Å². The third-order valence-corrected chi connectivity index (χ3v) is 2.00. The Kier molecular flexibility index (Phi) is 3.47. The Bertz CT molecular complexity index is 375. The lowest BCUT2D eigenvalue weighted by atomic mass is 10.2. The van der Waals surface area contributed by atoms with Gasteiger partial charge in [0.1, 0.15) is 6.33 Å². The van der Waals surface area contributed by atoms with Crippen molar-refractivity contribution >= 4 is 0 Å². The second kappa shape index (κ2) is 4.61. The Hall–Kier alpha value is -1.56. The molecule has 0 spiro atoms. The summed E-state index contributed by atoms with van der Waals surface area (Å²) in [4.78, 5) is 11.5. The van der Waals surface area contributed by atoms with E-state index in [0.29, 0.717) is 13.1 Å². The van der Waals surface area contributed by atoms with E-state index in [0.717, 1.165) is 5.57 Å². The topological polar surface area (TPSA) is 77.9 Å². The van der Waals surface area contributed by atoms with Crippen LogP contribution in [-0.4, -0.2) is 28.0 Å². The molecule has 0 unspecified atom stereocenters. The standard InChI is InChI=1S/C8H15N5O/c1-3-7(4-9)5-12-8(14)13(10-2)6-11-12/h3,6,10H,4-5,9H2,1-2H3/b7-3+. The van der Waals surface area contributed by atoms with E-state index in [4.69, 9.17) is 5.73 Å². The van der Waals surface area contributed by atoms with Crippen molar-refractivity contribution in [1.29, 1.82) is 0 Å². The maximum atomic E-state index is 11.5. The van der Waals surface area contributed by atoms with Crippen LogP contribution < -0.4 is 16.8 Å². The average molecular weight is 197 g/mol. The van der Waals surface area contributed by atoms with E-state index >= 15 is 0 Å². The van der Waals surface area contributed by atoms with Gasteiger partial charge < -0.3 is 11.2 Å². The van der Waals surface area contributed by atoms with Crippen molar-refractivity contribution < 1.29 is 0 Å². The first kappa shape index (κ1) is 10.5. The maximum absolute atomic E-state index is 11.5. The van der Waals surface area contributed by atoms with E-state index in [1.165, 1.54) is 15.7 Å². The smallest absolute Gasteiger partial charge is 0.327 e. The minimum Gasteiger partial charge on any atom is -0.327 e. The van der Waals surface area contributed by atoms with Crippen LogP contribution in [0.1, 0.15) is 6.92 Å². The van der Waals surface area contributed by atoms with Crippen molar-refractivity contribution in [2.75, 3.05) is 19.0 Å². The fraction of sp³-hybridized carbons (Fsp3) is 0.500. The summed E-state index contributed by atoms with van der Waals surface area (Å²) in [6.07, 6.45) is 3.33. The molecule has 0 aliphatic heterocycles. The first-order chi connectivity index (χ1) is 6.72. The second-order valence-electron chi connectivity index (χ2n) is 2.82. The van der Waals surface area contributed by atoms with Crippen LogP contribution in [0.15, 0.2) is 22.8 Å². The van der Waals surface area contributed by atoms with Gasteiger partial charge >= 0.3 is 5.69 Å². The predicted octanol–water partition coefficient (Wildman–Crippen LogP) is -0.877. The van der Waals surface area contributed by atoms with Crippen LogP contribution in [0.3, 0.4) is 0 Å². The average Bonchev–Trinajstić information content (AvgIpc) is 2.56. The van der Waals surface area contributed by atoms with Crippen molar-refractivity contribution in [3.05, 3.63) is 28.5 Å². The molecule has 0 radical (unpaired) electrons. The van der Waals surface area contributed by atoms with Crippen LogP contribution in [0.5, 0.6) is 0 Å². The number of aromatic nitrogens is 3. The molecule has 0 aliphatic rings. The normalized spacial score (nSPS) is 11.8. The molecule has 6 heteroatoms. The molecule has 1 aromatic heterocycles. The maximum Gasteiger partial charge on any atom is 0.364 e. The number of nitrogens with zero attached hydrogens (tertiary/aromatic N) is 3. The Labute approximate surface area is 82.0 Å². The predicted molar refractivity (Wildman–Crippen MR) is 54.6 cm³/mol. The highest BCUT2D eigenvalue weighted by molar-refractivity contribution is 5.01. The van der Waals surface area contributed by atoms with Crippen LogP contribution >= 0.6 is 0 Å². The largest absolute Gasteiger partial charge is 0.364 e. The minimum absolute atomic E-state index is 0.194. The highest BCUT2D eigenvalue weighted by Crippen LogP contribution is 1.93. The van der Waals surface area contributed by atoms with Gasteiger partial charge in [0.15, 0.2) is 0 Å². The molecule has 0 aliphatic carbocycles. The van der Waals surface area contributed by atoms with Crippen LogP contribution in [0, 0.1) is 0 Å². The van der Waals surface area contributed by atoms with Crippen LogP contribution in [0.25, 0.3) is 0 Å². The molecule has 1 aromatic rings. The lowest BCUT2D eigenvalue weighted by Gasteiger charge is -2.02. The van der Waals surface area contributed by atoms with E-state index in [1.54, 1.807) is 7.05 Å². The summed E-state index contributed by atoms with van der Waals surface area (Å²) in [6.45, 7) is 2.78. The van der Waals surface area contributed by atoms with Gasteiger partial charge in [-0.25, -0.2) is 9.48 Å². The quantitative estimate of drug-likeness (QED) is 0.615. The zero-order valence-electron chi connectivity index (χ0n) is 8.40. The number of allylic oxidation sites excluding steroid dienone is 1. The Balaban J connectivity index is 2.87. The molecule has 78 valence electrons. The van der Waals surface area contributed by atoms with Crippen LogP contribution in [-0.2, 0) is 6.54 Å². The van der Waals surface area contributed by atoms with E-state index in [9.17, 15) is 4.79 Å². The number of rotatable bonds is 4. The van der Waals surface area contributed by atoms with Crippen LogP contribution in [0.2, 0.25) is 0 Å². The SMILES string of the molecule is C/C=C(\CN)Cn1ncn(NC)c1=O. The summed E-state index contributed by atoms with van der Waals surface area (Å²) >= 11 is 0. The molecular formula is C8H15N5O. The van der Waals surface area contributed by atoms with Gasteiger partial charge in [-0.2, -0.15) is 9.77 Å². The molecule has 0 amide bonds. The molecule has 14 heavy (non-hydrogen) atoms. The summed E-state index contributed by atoms with van der Waals surface area (Å²) < 4.78 is 2.67. The van der Waals surface area contributed by atoms with E-state index < -0.39 is 0 Å². The number of nitrogens with two attached hydrogens (primary N) is 1. The second-order valence-corrected chi connectivity index (χ2v) is 2.82. The summed E-state index contributed by atoms with van der Waals surface area (Å²) in [5.74, 6) is 0. The Morgan fingerprint density at radius 3 is 2.93 bits per heavy atom. The number of hydrogen-bond donors (Lipinski definition) is 2. The minimum atomic E-state index is -0.194. The van der Waals surface area contributed by atoms with E-state index in [1.807, 2.05) is 13.0 Å². The Morgan fingerprint density at radius 2 is 2.50 bits per heavy atom. The van der Waals surface area contributed by atoms with Gasteiger partial charge in [0.2, 0.25) is 0 Å². The highest BCUT2D eigenvalue weighted by atomic mass is 16.2. The molecule has 3 N–H and O–H groups in total. The van der Waals surface area contributed by atoms with Crippen molar-refractivity contribution in [3.8, 4) is 0 Å². The fourth-order valence-corrected chi connectivity index (χ4v) is 1.07. The van der Waals surface area contributed by atoms with Crippen molar-refractivity contribution in [2.24, 2.45) is 5.73 Å². The van der Waals surface area contributed by atoms with Crippen molar-refractivity contribution in [1.82, 2.24) is 14.5 Å². The Morgan fingerprint density at radius 1 is 1.79 bits per heavy atom. The molecule has 6 nitrogen and oxygen atoms in total. The van der Waals surface area contributed by atoms with Crippen molar-refractivity contribution in [3.63, 3.8) is 0 Å². The lowest BCUT2D eigenvalue weighted by Crippen LogP contribution is -2.30. The fourth-order valence-electron chi connectivity index (χ4n) is 1.07. The van der Waals surface area contributed by atoms with Crippen LogP contribution in [0.4, 0.5) is 0 Å². The lowest BCUT2D eigenvalue weighted by molar-refractivity contribution is 0.633. The molecule has 0 fully saturated rings. The zero-order chi connectivity index (χ0) is 10.6. The zero-order valence-corrected chi connectivity index (χ0v) is 8.40. The molecular weight excluding hydrogens is 182 g/mol. The van der Waals surface area contributed by atoms with Gasteiger partial charge in [-0.05, 0) is 12.5 Å². The molecule has 0 atom stereocenters. The summed E-state index contributed by atoms with van der Waals surface area (Å²) in [7, 11) is 1.66. The number of nitrogens with one attached hydrogen (secondary N) is 1. The molecule has 0 saturated carbocycles. The first-order valence-corrected chi connectivity index (χ1v) is 4.39. The highest BCUT2D eigenvalue weighted by Gasteiger charge is 2.04. The third-order valence-electron chi connectivity index (χ3n) is 2.00. The molecule has 1 rings (SSSR count). The number of hydrogen-bond acceptors (Lipinski definition) is 4. The van der Waals surface area contributed by atoms with Gasteiger partial charge in [0.25, 0.3) is 0 Å². The van der Waals surface area contributed by atoms with E-state index in [-0.39, 0.29) is 5.69 Å². The molecule has 0 bridgehead atoms. The van der Waals surface area contributed by atoms with Gasteiger partial charge in [-0.15, -0.1) is 0 Å². The van der Waals surface area contributed by atoms with Gasteiger partial charge in [0, 0.05) is 13.6 Å².